The first-order valence-corrected chi connectivity index (χ1v) is 6.04. The number of hydrogen-bond donors (Lipinski definition) is 0. The average Bonchev–Trinajstić information content (AvgIpc) is 2.19. The van der Waals surface area contributed by atoms with Gasteiger partial charge in [-0.25, -0.2) is 0 Å². The van der Waals surface area contributed by atoms with E-state index >= 15 is 0 Å². The lowest BCUT2D eigenvalue weighted by Gasteiger charge is -2.19. The van der Waals surface area contributed by atoms with Crippen molar-refractivity contribution < 1.29 is 9.47 Å². The molecule has 0 aromatic heterocycles. The highest BCUT2D eigenvalue weighted by Gasteiger charge is 2.14. The highest BCUT2D eigenvalue weighted by atomic mass is 79.9. The molecule has 0 bridgehead atoms. The Morgan fingerprint density at radius 1 is 1.43 bits per heavy atom. The van der Waals surface area contributed by atoms with E-state index in [1.54, 1.807) is 7.11 Å². The predicted octanol–water partition coefficient (Wildman–Crippen LogP) is 3.56. The number of methoxy groups -OCH3 is 1. The molecule has 0 saturated carbocycles. The van der Waals surface area contributed by atoms with Crippen LogP contribution in [-0.2, 0) is 9.47 Å². The third kappa shape index (κ3) is 3.54. The summed E-state index contributed by atoms with van der Waals surface area (Å²) in [6, 6.07) is 0. The molecule has 0 heterocycles. The molecule has 80 valence electrons. The second kappa shape index (κ2) is 6.36. The van der Waals surface area contributed by atoms with Crippen LogP contribution in [0.4, 0.5) is 0 Å². The second-order valence-corrected chi connectivity index (χ2v) is 4.32. The number of hydrogen-bond acceptors (Lipinski definition) is 2. The third-order valence-electron chi connectivity index (χ3n) is 1.88. The van der Waals surface area contributed by atoms with Crippen LogP contribution >= 0.6 is 27.5 Å². The minimum atomic E-state index is -0.0390. The standard InChI is InChI=1S/C10H14BrClO2/c1-13-8-4-2-3-5-9(8)14-10(11)6-7-12/h4-5,10H,2-3,6-7H2,1H3. The Bertz CT molecular complexity index is 238. The monoisotopic (exact) mass is 280 g/mol. The van der Waals surface area contributed by atoms with E-state index in [2.05, 4.69) is 15.9 Å². The van der Waals surface area contributed by atoms with Crippen LogP contribution in [0.5, 0.6) is 0 Å². The Morgan fingerprint density at radius 2 is 2.07 bits per heavy atom. The minimum absolute atomic E-state index is 0.0390. The Kier molecular flexibility index (Phi) is 5.41. The molecule has 0 spiro atoms. The van der Waals surface area contributed by atoms with Crippen molar-refractivity contribution in [3.05, 3.63) is 23.7 Å². The van der Waals surface area contributed by atoms with E-state index < -0.39 is 0 Å². The number of allylic oxidation sites excluding steroid dienone is 2. The lowest BCUT2D eigenvalue weighted by atomic mass is 10.1. The molecule has 0 radical (unpaired) electrons. The fourth-order valence-corrected chi connectivity index (χ4v) is 2.09. The first kappa shape index (κ1) is 11.9. The Balaban J connectivity index is 2.50. The number of alkyl halides is 2. The first-order chi connectivity index (χ1) is 6.77. The molecular formula is C10H14BrClO2. The SMILES string of the molecule is COC1=CCCC=C1OC(Br)CCCl. The number of ether oxygens (including phenoxy) is 2. The number of halogens is 2. The molecule has 1 rings (SSSR count). The van der Waals surface area contributed by atoms with E-state index in [1.165, 1.54) is 0 Å². The van der Waals surface area contributed by atoms with Crippen molar-refractivity contribution in [2.24, 2.45) is 0 Å². The molecule has 0 fully saturated rings. The maximum absolute atomic E-state index is 5.64. The van der Waals surface area contributed by atoms with Gasteiger partial charge in [-0.15, -0.1) is 11.6 Å². The van der Waals surface area contributed by atoms with E-state index in [1.807, 2.05) is 12.2 Å². The minimum Gasteiger partial charge on any atom is -0.493 e. The third-order valence-corrected chi connectivity index (χ3v) is 2.74. The van der Waals surface area contributed by atoms with Crippen molar-refractivity contribution in [2.75, 3.05) is 13.0 Å². The lowest BCUT2D eigenvalue weighted by Crippen LogP contribution is -2.09. The van der Waals surface area contributed by atoms with Crippen LogP contribution in [0.2, 0.25) is 0 Å². The first-order valence-electron chi connectivity index (χ1n) is 4.59. The maximum Gasteiger partial charge on any atom is 0.158 e. The van der Waals surface area contributed by atoms with E-state index in [-0.39, 0.29) is 5.01 Å². The molecule has 1 aliphatic carbocycles. The molecule has 0 amide bonds. The summed E-state index contributed by atoms with van der Waals surface area (Å²) in [4.78, 5) is 0. The second-order valence-electron chi connectivity index (χ2n) is 2.92. The topological polar surface area (TPSA) is 18.5 Å². The van der Waals surface area contributed by atoms with Crippen molar-refractivity contribution in [1.82, 2.24) is 0 Å². The molecule has 0 aromatic carbocycles. The summed E-state index contributed by atoms with van der Waals surface area (Å²) in [5, 5.41) is -0.0390. The Hall–Kier alpha value is -0.150. The van der Waals surface area contributed by atoms with Crippen molar-refractivity contribution >= 4 is 27.5 Å². The molecule has 1 aliphatic rings. The van der Waals surface area contributed by atoms with Crippen molar-refractivity contribution in [1.29, 1.82) is 0 Å². The van der Waals surface area contributed by atoms with Crippen LogP contribution < -0.4 is 0 Å². The van der Waals surface area contributed by atoms with Crippen molar-refractivity contribution in [3.8, 4) is 0 Å². The summed E-state index contributed by atoms with van der Waals surface area (Å²) < 4.78 is 10.8. The fourth-order valence-electron chi connectivity index (χ4n) is 1.20. The molecule has 0 N–H and O–H groups in total. The smallest absolute Gasteiger partial charge is 0.158 e. The molecule has 2 nitrogen and oxygen atoms in total. The van der Waals surface area contributed by atoms with E-state index in [9.17, 15) is 0 Å². The van der Waals surface area contributed by atoms with Gasteiger partial charge in [0.1, 0.15) is 0 Å². The van der Waals surface area contributed by atoms with Crippen LogP contribution in [0.25, 0.3) is 0 Å². The maximum atomic E-state index is 5.64. The van der Waals surface area contributed by atoms with Gasteiger partial charge in [-0.2, -0.15) is 0 Å². The zero-order chi connectivity index (χ0) is 10.4. The zero-order valence-electron chi connectivity index (χ0n) is 8.13. The lowest BCUT2D eigenvalue weighted by molar-refractivity contribution is 0.157. The Morgan fingerprint density at radius 3 is 2.64 bits per heavy atom. The molecule has 0 saturated heterocycles. The van der Waals surface area contributed by atoms with Gasteiger partial charge in [0.25, 0.3) is 0 Å². The summed E-state index contributed by atoms with van der Waals surface area (Å²) in [5.41, 5.74) is 0. The highest BCUT2D eigenvalue weighted by Crippen LogP contribution is 2.24. The van der Waals surface area contributed by atoms with E-state index in [0.717, 1.165) is 30.8 Å². The van der Waals surface area contributed by atoms with Crippen molar-refractivity contribution in [3.63, 3.8) is 0 Å². The largest absolute Gasteiger partial charge is 0.493 e. The van der Waals surface area contributed by atoms with Crippen LogP contribution in [0, 0.1) is 0 Å². The summed E-state index contributed by atoms with van der Waals surface area (Å²) in [6.07, 6.45) is 6.87. The molecular weight excluding hydrogens is 267 g/mol. The van der Waals surface area contributed by atoms with Crippen molar-refractivity contribution in [2.45, 2.75) is 24.3 Å². The van der Waals surface area contributed by atoms with Gasteiger partial charge in [-0.3, -0.25) is 0 Å². The van der Waals surface area contributed by atoms with E-state index in [4.69, 9.17) is 21.1 Å². The normalized spacial score (nSPS) is 18.2. The summed E-state index contributed by atoms with van der Waals surface area (Å²) in [6.45, 7) is 0. The van der Waals surface area contributed by atoms with Gasteiger partial charge >= 0.3 is 0 Å². The molecule has 0 aliphatic heterocycles. The quantitative estimate of drug-likeness (QED) is 0.717. The molecule has 4 heteroatoms. The molecule has 0 aromatic rings. The van der Waals surface area contributed by atoms with E-state index in [0.29, 0.717) is 5.88 Å². The van der Waals surface area contributed by atoms with Gasteiger partial charge in [0.15, 0.2) is 16.5 Å². The predicted molar refractivity (Wildman–Crippen MR) is 61.5 cm³/mol. The van der Waals surface area contributed by atoms with Gasteiger partial charge in [-0.05, 0) is 40.9 Å². The van der Waals surface area contributed by atoms with Gasteiger partial charge in [0.2, 0.25) is 0 Å². The summed E-state index contributed by atoms with van der Waals surface area (Å²) >= 11 is 9.01. The number of rotatable bonds is 5. The molecule has 1 atom stereocenters. The van der Waals surface area contributed by atoms with Gasteiger partial charge in [-0.1, -0.05) is 0 Å². The molecule has 14 heavy (non-hydrogen) atoms. The molecule has 1 unspecified atom stereocenters. The van der Waals surface area contributed by atoms with Crippen LogP contribution in [0.3, 0.4) is 0 Å². The summed E-state index contributed by atoms with van der Waals surface area (Å²) in [7, 11) is 1.65. The van der Waals surface area contributed by atoms with Gasteiger partial charge in [0.05, 0.1) is 7.11 Å². The van der Waals surface area contributed by atoms with Gasteiger partial charge in [0, 0.05) is 12.3 Å². The fraction of sp³-hybridized carbons (Fsp3) is 0.600. The van der Waals surface area contributed by atoms with Crippen LogP contribution in [-0.4, -0.2) is 18.0 Å². The zero-order valence-corrected chi connectivity index (χ0v) is 10.5. The van der Waals surface area contributed by atoms with Crippen LogP contribution in [0.15, 0.2) is 23.7 Å². The average molecular weight is 282 g/mol. The van der Waals surface area contributed by atoms with Gasteiger partial charge < -0.3 is 9.47 Å². The summed E-state index contributed by atoms with van der Waals surface area (Å²) in [5.74, 6) is 2.20. The highest BCUT2D eigenvalue weighted by molar-refractivity contribution is 9.09. The Labute approximate surface area is 98.0 Å². The van der Waals surface area contributed by atoms with Crippen LogP contribution in [0.1, 0.15) is 19.3 Å².